The highest BCUT2D eigenvalue weighted by molar-refractivity contribution is 5.79. The number of imidazole rings is 1. The predicted molar refractivity (Wildman–Crippen MR) is 83.9 cm³/mol. The molecule has 0 saturated carbocycles. The third-order valence-corrected chi connectivity index (χ3v) is 3.82. The number of hydrogen-bond acceptors (Lipinski definition) is 3. The lowest BCUT2D eigenvalue weighted by Gasteiger charge is -2.15. The molecule has 1 aromatic heterocycles. The molecule has 4 heteroatoms. The highest BCUT2D eigenvalue weighted by atomic mass is 16.5. The van der Waals surface area contributed by atoms with Crippen molar-refractivity contribution in [1.29, 1.82) is 0 Å². The van der Waals surface area contributed by atoms with Crippen LogP contribution in [0.15, 0.2) is 48.5 Å². The SMILES string of the molecule is COC(c1ccccc1)c1nc2c(CN)cccc2n1C. The first-order valence-electron chi connectivity index (χ1n) is 6.98. The maximum atomic E-state index is 5.81. The summed E-state index contributed by atoms with van der Waals surface area (Å²) in [4.78, 5) is 4.79. The molecular formula is C17H19N3O. The van der Waals surface area contributed by atoms with Crippen LogP contribution in [0.1, 0.15) is 23.1 Å². The van der Waals surface area contributed by atoms with Crippen molar-refractivity contribution in [1.82, 2.24) is 9.55 Å². The topological polar surface area (TPSA) is 53.1 Å². The molecule has 1 atom stereocenters. The molecule has 0 saturated heterocycles. The van der Waals surface area contributed by atoms with Crippen molar-refractivity contribution in [3.63, 3.8) is 0 Å². The van der Waals surface area contributed by atoms with Crippen LogP contribution in [-0.4, -0.2) is 16.7 Å². The zero-order valence-corrected chi connectivity index (χ0v) is 12.3. The summed E-state index contributed by atoms with van der Waals surface area (Å²) in [7, 11) is 3.72. The first-order chi connectivity index (χ1) is 10.3. The lowest BCUT2D eigenvalue weighted by Crippen LogP contribution is -2.09. The number of ether oxygens (including phenoxy) is 1. The Kier molecular flexibility index (Phi) is 3.73. The number of hydrogen-bond donors (Lipinski definition) is 1. The second-order valence-corrected chi connectivity index (χ2v) is 5.04. The van der Waals surface area contributed by atoms with E-state index in [0.29, 0.717) is 6.54 Å². The van der Waals surface area contributed by atoms with Crippen LogP contribution in [0.2, 0.25) is 0 Å². The third kappa shape index (κ3) is 2.33. The zero-order chi connectivity index (χ0) is 14.8. The van der Waals surface area contributed by atoms with Crippen LogP contribution in [0.4, 0.5) is 0 Å². The summed E-state index contributed by atoms with van der Waals surface area (Å²) in [6.07, 6.45) is -0.186. The summed E-state index contributed by atoms with van der Waals surface area (Å²) in [5.41, 5.74) is 9.99. The second kappa shape index (κ2) is 5.68. The standard InChI is InChI=1S/C17H19N3O/c1-20-14-10-6-9-13(11-18)15(14)19-17(20)16(21-2)12-7-4-3-5-8-12/h3-10,16H,11,18H2,1-2H3. The van der Waals surface area contributed by atoms with Gasteiger partial charge in [-0.3, -0.25) is 0 Å². The molecular weight excluding hydrogens is 262 g/mol. The number of benzene rings is 2. The summed E-state index contributed by atoms with van der Waals surface area (Å²) in [5.74, 6) is 0.889. The number of aromatic nitrogens is 2. The van der Waals surface area contributed by atoms with Gasteiger partial charge in [-0.2, -0.15) is 0 Å². The Labute approximate surface area is 124 Å². The average molecular weight is 281 g/mol. The van der Waals surface area contributed by atoms with Crippen molar-refractivity contribution < 1.29 is 4.74 Å². The number of aryl methyl sites for hydroxylation is 1. The molecule has 0 bridgehead atoms. The van der Waals surface area contributed by atoms with Gasteiger partial charge >= 0.3 is 0 Å². The van der Waals surface area contributed by atoms with E-state index in [9.17, 15) is 0 Å². The van der Waals surface area contributed by atoms with Crippen molar-refractivity contribution in [2.24, 2.45) is 12.8 Å². The van der Waals surface area contributed by atoms with E-state index in [0.717, 1.165) is 28.0 Å². The summed E-state index contributed by atoms with van der Waals surface area (Å²) in [6.45, 7) is 0.483. The number of fused-ring (bicyclic) bond motifs is 1. The maximum Gasteiger partial charge on any atom is 0.143 e. The average Bonchev–Trinajstić information content (AvgIpc) is 2.87. The molecule has 3 rings (SSSR count). The first kappa shape index (κ1) is 13.8. The first-order valence-corrected chi connectivity index (χ1v) is 6.98. The van der Waals surface area contributed by atoms with E-state index in [4.69, 9.17) is 15.5 Å². The molecule has 1 unspecified atom stereocenters. The molecule has 1 heterocycles. The molecule has 21 heavy (non-hydrogen) atoms. The molecule has 2 aromatic carbocycles. The van der Waals surface area contributed by atoms with E-state index in [2.05, 4.69) is 22.8 Å². The number of nitrogens with zero attached hydrogens (tertiary/aromatic N) is 2. The van der Waals surface area contributed by atoms with Gasteiger partial charge in [0.25, 0.3) is 0 Å². The minimum Gasteiger partial charge on any atom is -0.369 e. The van der Waals surface area contributed by atoms with E-state index in [1.54, 1.807) is 7.11 Å². The van der Waals surface area contributed by atoms with Gasteiger partial charge in [0.2, 0.25) is 0 Å². The van der Waals surface area contributed by atoms with Crippen molar-refractivity contribution in [3.8, 4) is 0 Å². The van der Waals surface area contributed by atoms with Crippen LogP contribution < -0.4 is 5.73 Å². The molecule has 0 aliphatic carbocycles. The van der Waals surface area contributed by atoms with Crippen molar-refractivity contribution in [2.45, 2.75) is 12.6 Å². The van der Waals surface area contributed by atoms with Crippen LogP contribution >= 0.6 is 0 Å². The normalized spacial score (nSPS) is 12.7. The van der Waals surface area contributed by atoms with Gasteiger partial charge in [0, 0.05) is 20.7 Å². The predicted octanol–water partition coefficient (Wildman–Crippen LogP) is 2.77. The lowest BCUT2D eigenvalue weighted by molar-refractivity contribution is 0.127. The Bertz CT molecular complexity index is 749. The minimum atomic E-state index is -0.186. The molecule has 108 valence electrons. The van der Waals surface area contributed by atoms with E-state index >= 15 is 0 Å². The van der Waals surface area contributed by atoms with E-state index < -0.39 is 0 Å². The van der Waals surface area contributed by atoms with Gasteiger partial charge in [0.1, 0.15) is 11.9 Å². The van der Waals surface area contributed by atoms with Crippen LogP contribution in [0.25, 0.3) is 11.0 Å². The van der Waals surface area contributed by atoms with Gasteiger partial charge in [-0.1, -0.05) is 42.5 Å². The van der Waals surface area contributed by atoms with Crippen LogP contribution in [0.3, 0.4) is 0 Å². The highest BCUT2D eigenvalue weighted by Gasteiger charge is 2.20. The quantitative estimate of drug-likeness (QED) is 0.800. The summed E-state index contributed by atoms with van der Waals surface area (Å²) < 4.78 is 7.77. The number of methoxy groups -OCH3 is 1. The monoisotopic (exact) mass is 281 g/mol. The van der Waals surface area contributed by atoms with Gasteiger partial charge in [-0.05, 0) is 17.2 Å². The lowest BCUT2D eigenvalue weighted by atomic mass is 10.1. The summed E-state index contributed by atoms with van der Waals surface area (Å²) in [6, 6.07) is 16.2. The third-order valence-electron chi connectivity index (χ3n) is 3.82. The fourth-order valence-corrected chi connectivity index (χ4v) is 2.71. The van der Waals surface area contributed by atoms with Crippen molar-refractivity contribution >= 4 is 11.0 Å². The van der Waals surface area contributed by atoms with Crippen LogP contribution in [0.5, 0.6) is 0 Å². The minimum absolute atomic E-state index is 0.186. The zero-order valence-electron chi connectivity index (χ0n) is 12.3. The van der Waals surface area contributed by atoms with Gasteiger partial charge in [0.15, 0.2) is 0 Å². The second-order valence-electron chi connectivity index (χ2n) is 5.04. The van der Waals surface area contributed by atoms with Gasteiger partial charge in [0.05, 0.1) is 11.0 Å². The van der Waals surface area contributed by atoms with E-state index in [1.807, 2.05) is 37.4 Å². The molecule has 2 N–H and O–H groups in total. The Morgan fingerprint density at radius 3 is 2.57 bits per heavy atom. The summed E-state index contributed by atoms with van der Waals surface area (Å²) in [5, 5.41) is 0. The Morgan fingerprint density at radius 2 is 1.90 bits per heavy atom. The van der Waals surface area contributed by atoms with Crippen molar-refractivity contribution in [2.75, 3.05) is 7.11 Å². The van der Waals surface area contributed by atoms with E-state index in [-0.39, 0.29) is 6.10 Å². The van der Waals surface area contributed by atoms with Gasteiger partial charge in [-0.15, -0.1) is 0 Å². The number of nitrogens with two attached hydrogens (primary N) is 1. The molecule has 3 aromatic rings. The van der Waals surface area contributed by atoms with Crippen LogP contribution in [0, 0.1) is 0 Å². The van der Waals surface area contributed by atoms with E-state index in [1.165, 1.54) is 0 Å². The summed E-state index contributed by atoms with van der Waals surface area (Å²) >= 11 is 0. The Hall–Kier alpha value is -2.17. The molecule has 0 amide bonds. The Morgan fingerprint density at radius 1 is 1.14 bits per heavy atom. The van der Waals surface area contributed by atoms with Crippen LogP contribution in [-0.2, 0) is 18.3 Å². The molecule has 0 aliphatic rings. The molecule has 0 aliphatic heterocycles. The molecule has 0 radical (unpaired) electrons. The molecule has 0 spiro atoms. The fraction of sp³-hybridized carbons (Fsp3) is 0.235. The smallest absolute Gasteiger partial charge is 0.143 e. The van der Waals surface area contributed by atoms with Crippen molar-refractivity contribution in [3.05, 3.63) is 65.5 Å². The number of para-hydroxylation sites is 1. The Balaban J connectivity index is 2.17. The molecule has 0 fully saturated rings. The fourth-order valence-electron chi connectivity index (χ4n) is 2.71. The largest absolute Gasteiger partial charge is 0.369 e. The number of rotatable bonds is 4. The van der Waals surface area contributed by atoms with Gasteiger partial charge in [-0.25, -0.2) is 4.98 Å². The maximum absolute atomic E-state index is 5.81. The van der Waals surface area contributed by atoms with Gasteiger partial charge < -0.3 is 15.0 Å². The molecule has 4 nitrogen and oxygen atoms in total. The highest BCUT2D eigenvalue weighted by Crippen LogP contribution is 2.28.